The van der Waals surface area contributed by atoms with Crippen LogP contribution in [0, 0.1) is 0 Å². The number of aryl methyl sites for hydroxylation is 2. The summed E-state index contributed by atoms with van der Waals surface area (Å²) in [5.74, 6) is 0.00306. The Morgan fingerprint density at radius 1 is 1.12 bits per heavy atom. The van der Waals surface area contributed by atoms with Crippen LogP contribution in [0.5, 0.6) is 0 Å². The molecule has 0 bridgehead atoms. The zero-order valence-electron chi connectivity index (χ0n) is 15.4. The molecule has 26 heavy (non-hydrogen) atoms. The summed E-state index contributed by atoms with van der Waals surface area (Å²) < 4.78 is 1.39. The van der Waals surface area contributed by atoms with Crippen molar-refractivity contribution in [3.05, 3.63) is 52.3 Å². The van der Waals surface area contributed by atoms with E-state index in [9.17, 15) is 9.59 Å². The highest BCUT2D eigenvalue weighted by Gasteiger charge is 2.15. The van der Waals surface area contributed by atoms with Crippen LogP contribution in [-0.4, -0.2) is 21.7 Å². The van der Waals surface area contributed by atoms with Crippen LogP contribution in [0.2, 0.25) is 0 Å². The zero-order chi connectivity index (χ0) is 18.4. The molecule has 1 heterocycles. The Morgan fingerprint density at radius 2 is 1.85 bits per heavy atom. The minimum absolute atomic E-state index is 0.00306. The van der Waals surface area contributed by atoms with Crippen LogP contribution < -0.4 is 10.9 Å². The Hall–Kier alpha value is -2.43. The van der Waals surface area contributed by atoms with Crippen LogP contribution in [-0.2, 0) is 17.8 Å². The molecule has 1 saturated carbocycles. The number of hydrogen-bond donors (Lipinski definition) is 1. The molecular formula is C21H27N3O2. The fourth-order valence-electron chi connectivity index (χ4n) is 3.43. The van der Waals surface area contributed by atoms with Gasteiger partial charge < -0.3 is 5.32 Å². The number of nitrogens with one attached hydrogen (secondary N) is 1. The van der Waals surface area contributed by atoms with E-state index in [1.807, 2.05) is 12.1 Å². The summed E-state index contributed by atoms with van der Waals surface area (Å²) in [5.41, 5.74) is 2.81. The van der Waals surface area contributed by atoms with Crippen molar-refractivity contribution in [2.45, 2.75) is 64.5 Å². The molecule has 0 radical (unpaired) electrons. The third kappa shape index (κ3) is 4.81. The van der Waals surface area contributed by atoms with Crippen molar-refractivity contribution in [3.63, 3.8) is 0 Å². The van der Waals surface area contributed by atoms with E-state index in [1.165, 1.54) is 35.6 Å². The molecule has 0 unspecified atom stereocenters. The zero-order valence-corrected chi connectivity index (χ0v) is 15.4. The van der Waals surface area contributed by atoms with Gasteiger partial charge in [0.05, 0.1) is 12.2 Å². The third-order valence-electron chi connectivity index (χ3n) is 5.05. The molecule has 1 aliphatic carbocycles. The second kappa shape index (κ2) is 8.79. The first kappa shape index (κ1) is 18.4. The Balaban J connectivity index is 1.63. The van der Waals surface area contributed by atoms with Crippen molar-refractivity contribution in [1.29, 1.82) is 0 Å². The predicted molar refractivity (Wildman–Crippen MR) is 103 cm³/mol. The van der Waals surface area contributed by atoms with Crippen LogP contribution >= 0.6 is 0 Å². The molecule has 0 saturated heterocycles. The van der Waals surface area contributed by atoms with Gasteiger partial charge in [-0.05, 0) is 30.9 Å². The highest BCUT2D eigenvalue weighted by atomic mass is 16.2. The number of rotatable bonds is 6. The van der Waals surface area contributed by atoms with Crippen LogP contribution in [0.1, 0.15) is 51.0 Å². The van der Waals surface area contributed by atoms with Crippen molar-refractivity contribution >= 4 is 5.91 Å². The average molecular weight is 353 g/mol. The van der Waals surface area contributed by atoms with E-state index in [1.54, 1.807) is 6.07 Å². The fourth-order valence-corrected chi connectivity index (χ4v) is 3.43. The van der Waals surface area contributed by atoms with Gasteiger partial charge in [0.1, 0.15) is 0 Å². The molecule has 3 rings (SSSR count). The lowest BCUT2D eigenvalue weighted by Gasteiger charge is -2.22. The number of hydrogen-bond acceptors (Lipinski definition) is 3. The van der Waals surface area contributed by atoms with Crippen molar-refractivity contribution in [1.82, 2.24) is 15.1 Å². The summed E-state index contributed by atoms with van der Waals surface area (Å²) in [6, 6.07) is 11.7. The topological polar surface area (TPSA) is 64.0 Å². The van der Waals surface area contributed by atoms with Crippen LogP contribution in [0.25, 0.3) is 11.3 Å². The minimum atomic E-state index is -0.176. The lowest BCUT2D eigenvalue weighted by Crippen LogP contribution is -2.37. The van der Waals surface area contributed by atoms with Gasteiger partial charge in [0.15, 0.2) is 0 Å². The summed E-state index contributed by atoms with van der Waals surface area (Å²) in [5, 5.41) is 7.53. The molecule has 1 aromatic heterocycles. The van der Waals surface area contributed by atoms with Crippen LogP contribution in [0.4, 0.5) is 0 Å². The molecule has 2 aromatic rings. The lowest BCUT2D eigenvalue weighted by atomic mass is 9.95. The smallest absolute Gasteiger partial charge is 0.266 e. The first-order valence-corrected chi connectivity index (χ1v) is 9.62. The SMILES string of the molecule is CCc1ccc(-c2ccc(=O)n(CCC(=O)NC3CCCCC3)n2)cc1. The van der Waals surface area contributed by atoms with Gasteiger partial charge in [-0.2, -0.15) is 5.10 Å². The summed E-state index contributed by atoms with van der Waals surface area (Å²) in [6.45, 7) is 2.42. The van der Waals surface area contributed by atoms with E-state index < -0.39 is 0 Å². The molecule has 5 nitrogen and oxygen atoms in total. The van der Waals surface area contributed by atoms with E-state index in [0.717, 1.165) is 30.5 Å². The Kier molecular flexibility index (Phi) is 6.21. The molecule has 1 amide bonds. The van der Waals surface area contributed by atoms with Gasteiger partial charge >= 0.3 is 0 Å². The van der Waals surface area contributed by atoms with Crippen molar-refractivity contribution in [2.75, 3.05) is 0 Å². The maximum absolute atomic E-state index is 12.2. The molecule has 1 N–H and O–H groups in total. The second-order valence-electron chi connectivity index (χ2n) is 6.98. The second-order valence-corrected chi connectivity index (χ2v) is 6.98. The molecule has 5 heteroatoms. The number of carbonyl (C=O) groups excluding carboxylic acids is 1. The predicted octanol–water partition coefficient (Wildman–Crippen LogP) is 3.31. The van der Waals surface area contributed by atoms with Crippen molar-refractivity contribution in [2.24, 2.45) is 0 Å². The first-order chi connectivity index (χ1) is 12.7. The maximum Gasteiger partial charge on any atom is 0.266 e. The van der Waals surface area contributed by atoms with Gasteiger partial charge in [-0.3, -0.25) is 9.59 Å². The number of amides is 1. The molecule has 0 aliphatic heterocycles. The number of carbonyl (C=O) groups is 1. The summed E-state index contributed by atoms with van der Waals surface area (Å²) in [7, 11) is 0. The number of benzene rings is 1. The molecule has 0 atom stereocenters. The maximum atomic E-state index is 12.2. The van der Waals surface area contributed by atoms with E-state index in [2.05, 4.69) is 29.5 Å². The van der Waals surface area contributed by atoms with E-state index in [4.69, 9.17) is 0 Å². The normalized spacial score (nSPS) is 15.0. The minimum Gasteiger partial charge on any atom is -0.353 e. The first-order valence-electron chi connectivity index (χ1n) is 9.62. The van der Waals surface area contributed by atoms with E-state index >= 15 is 0 Å². The summed E-state index contributed by atoms with van der Waals surface area (Å²) >= 11 is 0. The summed E-state index contributed by atoms with van der Waals surface area (Å²) in [6.07, 6.45) is 7.03. The monoisotopic (exact) mass is 353 g/mol. The Morgan fingerprint density at radius 3 is 2.54 bits per heavy atom. The highest BCUT2D eigenvalue weighted by molar-refractivity contribution is 5.76. The molecule has 1 aromatic carbocycles. The van der Waals surface area contributed by atoms with Gasteiger partial charge in [0.2, 0.25) is 5.91 Å². The highest BCUT2D eigenvalue weighted by Crippen LogP contribution is 2.18. The third-order valence-corrected chi connectivity index (χ3v) is 5.05. The van der Waals surface area contributed by atoms with Crippen LogP contribution in [0.3, 0.4) is 0 Å². The quantitative estimate of drug-likeness (QED) is 0.866. The Bertz CT molecular complexity index is 790. The molecule has 1 aliphatic rings. The van der Waals surface area contributed by atoms with Gasteiger partial charge in [-0.1, -0.05) is 50.5 Å². The summed E-state index contributed by atoms with van der Waals surface area (Å²) in [4.78, 5) is 24.2. The van der Waals surface area contributed by atoms with E-state index in [0.29, 0.717) is 12.6 Å². The fraction of sp³-hybridized carbons (Fsp3) is 0.476. The van der Waals surface area contributed by atoms with Crippen molar-refractivity contribution < 1.29 is 4.79 Å². The molecule has 138 valence electrons. The molecule has 1 fully saturated rings. The van der Waals surface area contributed by atoms with Gasteiger partial charge in [-0.25, -0.2) is 4.68 Å². The molecule has 0 spiro atoms. The van der Waals surface area contributed by atoms with E-state index in [-0.39, 0.29) is 17.9 Å². The number of aromatic nitrogens is 2. The van der Waals surface area contributed by atoms with Gasteiger partial charge in [-0.15, -0.1) is 0 Å². The van der Waals surface area contributed by atoms with Crippen molar-refractivity contribution in [3.8, 4) is 11.3 Å². The lowest BCUT2D eigenvalue weighted by molar-refractivity contribution is -0.122. The largest absolute Gasteiger partial charge is 0.353 e. The number of nitrogens with zero attached hydrogens (tertiary/aromatic N) is 2. The Labute approximate surface area is 154 Å². The van der Waals surface area contributed by atoms with Crippen LogP contribution in [0.15, 0.2) is 41.2 Å². The standard InChI is InChI=1S/C21H27N3O2/c1-2-16-8-10-17(11-9-16)19-12-13-21(26)24(23-19)15-14-20(25)22-18-6-4-3-5-7-18/h8-13,18H,2-7,14-15H2,1H3,(H,22,25). The average Bonchev–Trinajstić information content (AvgIpc) is 2.68. The molecular weight excluding hydrogens is 326 g/mol. The van der Waals surface area contributed by atoms with Gasteiger partial charge in [0, 0.05) is 24.1 Å². The van der Waals surface area contributed by atoms with Gasteiger partial charge in [0.25, 0.3) is 5.56 Å².